The van der Waals surface area contributed by atoms with Gasteiger partial charge in [0.25, 0.3) is 0 Å². The fourth-order valence-electron chi connectivity index (χ4n) is 1.63. The lowest BCUT2D eigenvalue weighted by atomic mass is 10.1. The van der Waals surface area contributed by atoms with Gasteiger partial charge in [0, 0.05) is 13.1 Å². The van der Waals surface area contributed by atoms with Crippen LogP contribution in [0.1, 0.15) is 13.3 Å². The molecule has 0 aromatic heterocycles. The molecule has 0 saturated carbocycles. The van der Waals surface area contributed by atoms with Crippen molar-refractivity contribution >= 4 is 5.91 Å². The highest BCUT2D eigenvalue weighted by Gasteiger charge is 2.37. The summed E-state index contributed by atoms with van der Waals surface area (Å²) in [6.07, 6.45) is -3.83. The molecular weight excluding hydrogens is 197 g/mol. The summed E-state index contributed by atoms with van der Waals surface area (Å²) < 4.78 is 36.3. The summed E-state index contributed by atoms with van der Waals surface area (Å²) in [4.78, 5) is 12.4. The van der Waals surface area contributed by atoms with Crippen molar-refractivity contribution < 1.29 is 18.0 Å². The molecule has 3 nitrogen and oxygen atoms in total. The van der Waals surface area contributed by atoms with Crippen molar-refractivity contribution in [3.8, 4) is 0 Å². The van der Waals surface area contributed by atoms with Crippen molar-refractivity contribution in [2.45, 2.75) is 25.6 Å². The van der Waals surface area contributed by atoms with E-state index in [1.54, 1.807) is 6.92 Å². The molecule has 1 amide bonds. The number of piperazine rings is 1. The predicted octanol–water partition coefficient (Wildman–Crippen LogP) is 0.759. The van der Waals surface area contributed by atoms with Gasteiger partial charge >= 0.3 is 6.18 Å². The molecule has 6 heteroatoms. The van der Waals surface area contributed by atoms with Crippen LogP contribution < -0.4 is 5.32 Å². The third-order valence-electron chi connectivity index (χ3n) is 2.21. The van der Waals surface area contributed by atoms with Crippen LogP contribution in [0.25, 0.3) is 0 Å². The standard InChI is InChI=1S/C8H13F3N2O/c1-2-6-7(14)12-3-4-13(6)5-8(9,10)11/h6H,2-5H2,1H3,(H,12,14). The average Bonchev–Trinajstić information content (AvgIpc) is 2.01. The summed E-state index contributed by atoms with van der Waals surface area (Å²) in [5.41, 5.74) is 0. The third kappa shape index (κ3) is 2.87. The normalized spacial score (nSPS) is 24.9. The second kappa shape index (κ2) is 4.16. The SMILES string of the molecule is CCC1C(=O)NCCN1CC(F)(F)F. The molecule has 1 fully saturated rings. The van der Waals surface area contributed by atoms with Gasteiger partial charge in [-0.25, -0.2) is 0 Å². The Morgan fingerprint density at radius 3 is 2.71 bits per heavy atom. The fraction of sp³-hybridized carbons (Fsp3) is 0.875. The smallest absolute Gasteiger partial charge is 0.353 e. The van der Waals surface area contributed by atoms with Crippen LogP contribution in [0, 0.1) is 0 Å². The van der Waals surface area contributed by atoms with Gasteiger partial charge in [-0.05, 0) is 6.42 Å². The van der Waals surface area contributed by atoms with E-state index in [2.05, 4.69) is 5.32 Å². The summed E-state index contributed by atoms with van der Waals surface area (Å²) in [6.45, 7) is 1.27. The summed E-state index contributed by atoms with van der Waals surface area (Å²) in [5.74, 6) is -0.303. The Morgan fingerprint density at radius 2 is 2.21 bits per heavy atom. The number of hydrogen-bond acceptors (Lipinski definition) is 2. The molecule has 1 aliphatic heterocycles. The summed E-state index contributed by atoms with van der Waals surface area (Å²) >= 11 is 0. The first-order valence-corrected chi connectivity index (χ1v) is 4.52. The van der Waals surface area contributed by atoms with E-state index < -0.39 is 18.8 Å². The number of hydrogen-bond donors (Lipinski definition) is 1. The summed E-state index contributed by atoms with van der Waals surface area (Å²) in [7, 11) is 0. The van der Waals surface area contributed by atoms with Crippen LogP contribution in [-0.2, 0) is 4.79 Å². The fourth-order valence-corrected chi connectivity index (χ4v) is 1.63. The maximum Gasteiger partial charge on any atom is 0.401 e. The van der Waals surface area contributed by atoms with Gasteiger partial charge in [0.05, 0.1) is 12.6 Å². The van der Waals surface area contributed by atoms with E-state index in [9.17, 15) is 18.0 Å². The molecule has 82 valence electrons. The first-order valence-electron chi connectivity index (χ1n) is 4.52. The molecule has 0 aromatic rings. The molecule has 0 aromatic carbocycles. The molecular formula is C8H13F3N2O. The molecule has 1 aliphatic rings. The van der Waals surface area contributed by atoms with E-state index in [0.29, 0.717) is 13.0 Å². The number of rotatable bonds is 2. The number of alkyl halides is 3. The first-order chi connectivity index (χ1) is 6.44. The molecule has 1 rings (SSSR count). The van der Waals surface area contributed by atoms with Crippen molar-refractivity contribution in [3.05, 3.63) is 0 Å². The average molecular weight is 210 g/mol. The zero-order chi connectivity index (χ0) is 10.8. The van der Waals surface area contributed by atoms with Crippen LogP contribution in [0.15, 0.2) is 0 Å². The van der Waals surface area contributed by atoms with Gasteiger partial charge in [-0.2, -0.15) is 13.2 Å². The zero-order valence-corrected chi connectivity index (χ0v) is 7.90. The van der Waals surface area contributed by atoms with Crippen LogP contribution in [-0.4, -0.2) is 42.7 Å². The van der Waals surface area contributed by atoms with Gasteiger partial charge in [0.1, 0.15) is 0 Å². The quantitative estimate of drug-likeness (QED) is 0.729. The Hall–Kier alpha value is -0.780. The molecule has 1 heterocycles. The first kappa shape index (κ1) is 11.3. The van der Waals surface area contributed by atoms with Crippen molar-refractivity contribution in [2.75, 3.05) is 19.6 Å². The van der Waals surface area contributed by atoms with Crippen molar-refractivity contribution in [1.82, 2.24) is 10.2 Å². The number of nitrogens with one attached hydrogen (secondary N) is 1. The van der Waals surface area contributed by atoms with Gasteiger partial charge in [-0.3, -0.25) is 9.69 Å². The van der Waals surface area contributed by atoms with Crippen molar-refractivity contribution in [3.63, 3.8) is 0 Å². The molecule has 1 saturated heterocycles. The minimum atomic E-state index is -4.23. The van der Waals surface area contributed by atoms with E-state index in [4.69, 9.17) is 0 Å². The number of amides is 1. The topological polar surface area (TPSA) is 32.3 Å². The highest BCUT2D eigenvalue weighted by molar-refractivity contribution is 5.82. The number of halogens is 3. The van der Waals surface area contributed by atoms with E-state index >= 15 is 0 Å². The molecule has 14 heavy (non-hydrogen) atoms. The zero-order valence-electron chi connectivity index (χ0n) is 7.90. The van der Waals surface area contributed by atoms with Gasteiger partial charge in [-0.1, -0.05) is 6.92 Å². The van der Waals surface area contributed by atoms with E-state index in [-0.39, 0.29) is 12.5 Å². The largest absolute Gasteiger partial charge is 0.401 e. The van der Waals surface area contributed by atoms with E-state index in [0.717, 1.165) is 0 Å². The van der Waals surface area contributed by atoms with Crippen molar-refractivity contribution in [2.24, 2.45) is 0 Å². The maximum absolute atomic E-state index is 12.1. The predicted molar refractivity (Wildman–Crippen MR) is 44.7 cm³/mol. The minimum Gasteiger partial charge on any atom is -0.353 e. The lowest BCUT2D eigenvalue weighted by molar-refractivity contribution is -0.158. The Kier molecular flexibility index (Phi) is 3.36. The van der Waals surface area contributed by atoms with Gasteiger partial charge < -0.3 is 5.32 Å². The Morgan fingerprint density at radius 1 is 1.57 bits per heavy atom. The minimum absolute atomic E-state index is 0.268. The van der Waals surface area contributed by atoms with Crippen LogP contribution in [0.3, 0.4) is 0 Å². The summed E-state index contributed by atoms with van der Waals surface area (Å²) in [5, 5.41) is 2.55. The molecule has 1 N–H and O–H groups in total. The Balaban J connectivity index is 2.61. The molecule has 0 aliphatic carbocycles. The number of carbonyl (C=O) groups is 1. The Labute approximate surface area is 80.3 Å². The lowest BCUT2D eigenvalue weighted by Gasteiger charge is -2.34. The van der Waals surface area contributed by atoms with Crippen LogP contribution >= 0.6 is 0 Å². The molecule has 0 radical (unpaired) electrons. The van der Waals surface area contributed by atoms with E-state index in [1.807, 2.05) is 0 Å². The van der Waals surface area contributed by atoms with E-state index in [1.165, 1.54) is 4.90 Å². The van der Waals surface area contributed by atoms with Gasteiger partial charge in [-0.15, -0.1) is 0 Å². The molecule has 0 bridgehead atoms. The highest BCUT2D eigenvalue weighted by Crippen LogP contribution is 2.19. The number of nitrogens with zero attached hydrogens (tertiary/aromatic N) is 1. The van der Waals surface area contributed by atoms with Crippen LogP contribution in [0.2, 0.25) is 0 Å². The molecule has 1 atom stereocenters. The van der Waals surface area contributed by atoms with Gasteiger partial charge in [0.2, 0.25) is 5.91 Å². The Bertz CT molecular complexity index is 217. The van der Waals surface area contributed by atoms with Crippen LogP contribution in [0.4, 0.5) is 13.2 Å². The van der Waals surface area contributed by atoms with Gasteiger partial charge in [0.15, 0.2) is 0 Å². The second-order valence-electron chi connectivity index (χ2n) is 3.30. The van der Waals surface area contributed by atoms with Crippen molar-refractivity contribution in [1.29, 1.82) is 0 Å². The molecule has 1 unspecified atom stereocenters. The van der Waals surface area contributed by atoms with Crippen LogP contribution in [0.5, 0.6) is 0 Å². The third-order valence-corrected chi connectivity index (χ3v) is 2.21. The summed E-state index contributed by atoms with van der Waals surface area (Å²) in [6, 6.07) is -0.634. The second-order valence-corrected chi connectivity index (χ2v) is 3.30. The monoisotopic (exact) mass is 210 g/mol. The lowest BCUT2D eigenvalue weighted by Crippen LogP contribution is -2.56. The number of carbonyl (C=O) groups excluding carboxylic acids is 1. The highest BCUT2D eigenvalue weighted by atomic mass is 19.4. The maximum atomic E-state index is 12.1. The molecule has 0 spiro atoms.